The standard InChI is InChI=1S/C21H28BrN5/c1-2-23-21(25-15-17-6-8-18(22)9-7-17)26-19-10-13-27(14-11-19)16-20-5-3-4-12-24-20/h3-9,12,19H,2,10-11,13-16H2,1H3,(H2,23,25,26). The third kappa shape index (κ3) is 6.63. The van der Waals surface area contributed by atoms with Crippen molar-refractivity contribution in [1.82, 2.24) is 20.5 Å². The second-order valence-electron chi connectivity index (χ2n) is 6.84. The van der Waals surface area contributed by atoms with Crippen molar-refractivity contribution in [2.75, 3.05) is 19.6 Å². The van der Waals surface area contributed by atoms with Crippen LogP contribution in [0, 0.1) is 0 Å². The van der Waals surface area contributed by atoms with Gasteiger partial charge in [-0.2, -0.15) is 0 Å². The number of nitrogens with zero attached hydrogens (tertiary/aromatic N) is 3. The molecule has 3 rings (SSSR count). The fraction of sp³-hybridized carbons (Fsp3) is 0.429. The molecule has 2 heterocycles. The second kappa shape index (κ2) is 10.4. The number of nitrogens with one attached hydrogen (secondary N) is 2. The summed E-state index contributed by atoms with van der Waals surface area (Å²) < 4.78 is 1.10. The van der Waals surface area contributed by atoms with Gasteiger partial charge >= 0.3 is 0 Å². The maximum atomic E-state index is 4.75. The summed E-state index contributed by atoms with van der Waals surface area (Å²) in [6, 6.07) is 14.9. The van der Waals surface area contributed by atoms with Gasteiger partial charge in [-0.15, -0.1) is 0 Å². The zero-order valence-corrected chi connectivity index (χ0v) is 17.5. The van der Waals surface area contributed by atoms with Crippen LogP contribution < -0.4 is 10.6 Å². The highest BCUT2D eigenvalue weighted by Crippen LogP contribution is 2.13. The van der Waals surface area contributed by atoms with E-state index in [2.05, 4.69) is 79.8 Å². The van der Waals surface area contributed by atoms with Crippen molar-refractivity contribution >= 4 is 21.9 Å². The normalized spacial score (nSPS) is 16.3. The van der Waals surface area contributed by atoms with Crippen LogP contribution in [-0.4, -0.2) is 41.5 Å². The number of aliphatic imine (C=N–C) groups is 1. The molecule has 0 bridgehead atoms. The third-order valence-electron chi connectivity index (χ3n) is 4.72. The quantitative estimate of drug-likeness (QED) is 0.544. The molecule has 1 aliphatic heterocycles. The van der Waals surface area contributed by atoms with Crippen LogP contribution in [0.5, 0.6) is 0 Å². The molecule has 1 fully saturated rings. The first-order chi connectivity index (χ1) is 13.2. The van der Waals surface area contributed by atoms with Crippen molar-refractivity contribution < 1.29 is 0 Å². The second-order valence-corrected chi connectivity index (χ2v) is 7.75. The van der Waals surface area contributed by atoms with Crippen molar-refractivity contribution in [2.24, 2.45) is 4.99 Å². The SMILES string of the molecule is CCNC(=NCc1ccc(Br)cc1)NC1CCN(Cc2ccccn2)CC1. The molecule has 0 saturated carbocycles. The Hall–Kier alpha value is -1.92. The number of aromatic nitrogens is 1. The van der Waals surface area contributed by atoms with Crippen LogP contribution in [0.4, 0.5) is 0 Å². The zero-order chi connectivity index (χ0) is 18.9. The maximum absolute atomic E-state index is 4.75. The molecule has 1 aromatic heterocycles. The molecule has 27 heavy (non-hydrogen) atoms. The minimum Gasteiger partial charge on any atom is -0.357 e. The molecule has 0 atom stereocenters. The first-order valence-electron chi connectivity index (χ1n) is 9.64. The lowest BCUT2D eigenvalue weighted by Crippen LogP contribution is -2.48. The Morgan fingerprint density at radius 1 is 1.19 bits per heavy atom. The topological polar surface area (TPSA) is 52.6 Å². The van der Waals surface area contributed by atoms with E-state index in [0.717, 1.165) is 55.1 Å². The van der Waals surface area contributed by atoms with Gasteiger partial charge in [0.25, 0.3) is 0 Å². The summed E-state index contributed by atoms with van der Waals surface area (Å²) >= 11 is 3.47. The number of hydrogen-bond donors (Lipinski definition) is 2. The van der Waals surface area contributed by atoms with Gasteiger partial charge in [0.1, 0.15) is 0 Å². The molecule has 1 saturated heterocycles. The Bertz CT molecular complexity index is 709. The van der Waals surface area contributed by atoms with E-state index in [9.17, 15) is 0 Å². The lowest BCUT2D eigenvalue weighted by Gasteiger charge is -2.32. The molecule has 144 valence electrons. The van der Waals surface area contributed by atoms with Crippen molar-refractivity contribution in [3.05, 3.63) is 64.4 Å². The average Bonchev–Trinajstić information content (AvgIpc) is 2.70. The highest BCUT2D eigenvalue weighted by Gasteiger charge is 2.20. The molecule has 5 nitrogen and oxygen atoms in total. The van der Waals surface area contributed by atoms with Gasteiger partial charge in [0.05, 0.1) is 12.2 Å². The first-order valence-corrected chi connectivity index (χ1v) is 10.4. The van der Waals surface area contributed by atoms with Gasteiger partial charge in [-0.3, -0.25) is 9.88 Å². The number of hydrogen-bond acceptors (Lipinski definition) is 3. The number of guanidine groups is 1. The van der Waals surface area contributed by atoms with E-state index in [1.165, 1.54) is 5.56 Å². The van der Waals surface area contributed by atoms with Crippen molar-refractivity contribution in [3.8, 4) is 0 Å². The van der Waals surface area contributed by atoms with E-state index < -0.39 is 0 Å². The Labute approximate surface area is 170 Å². The molecular formula is C21H28BrN5. The van der Waals surface area contributed by atoms with Crippen LogP contribution in [0.1, 0.15) is 31.0 Å². The highest BCUT2D eigenvalue weighted by atomic mass is 79.9. The van der Waals surface area contributed by atoms with E-state index in [1.54, 1.807) is 0 Å². The molecule has 0 amide bonds. The summed E-state index contributed by atoms with van der Waals surface area (Å²) in [6.45, 7) is 6.75. The highest BCUT2D eigenvalue weighted by molar-refractivity contribution is 9.10. The Morgan fingerprint density at radius 2 is 1.96 bits per heavy atom. The van der Waals surface area contributed by atoms with Gasteiger partial charge in [0.15, 0.2) is 5.96 Å². The van der Waals surface area contributed by atoms with Gasteiger partial charge in [-0.1, -0.05) is 34.1 Å². The fourth-order valence-corrected chi connectivity index (χ4v) is 3.49. The minimum absolute atomic E-state index is 0.465. The third-order valence-corrected chi connectivity index (χ3v) is 5.25. The lowest BCUT2D eigenvalue weighted by molar-refractivity contribution is 0.196. The van der Waals surface area contributed by atoms with Gasteiger partial charge < -0.3 is 10.6 Å². The number of benzene rings is 1. The van der Waals surface area contributed by atoms with Crippen LogP contribution >= 0.6 is 15.9 Å². The zero-order valence-electron chi connectivity index (χ0n) is 15.9. The Morgan fingerprint density at radius 3 is 2.63 bits per heavy atom. The summed E-state index contributed by atoms with van der Waals surface area (Å²) in [4.78, 5) is 11.7. The van der Waals surface area contributed by atoms with Gasteiger partial charge in [-0.05, 0) is 49.6 Å². The van der Waals surface area contributed by atoms with E-state index in [-0.39, 0.29) is 0 Å². The number of likely N-dealkylation sites (tertiary alicyclic amines) is 1. The number of pyridine rings is 1. The van der Waals surface area contributed by atoms with Crippen molar-refractivity contribution in [3.63, 3.8) is 0 Å². The molecule has 0 aliphatic carbocycles. The summed E-state index contributed by atoms with van der Waals surface area (Å²) in [5.74, 6) is 0.906. The van der Waals surface area contributed by atoms with Gasteiger partial charge in [0.2, 0.25) is 0 Å². The molecule has 0 spiro atoms. The van der Waals surface area contributed by atoms with Crippen LogP contribution in [0.2, 0.25) is 0 Å². The molecular weight excluding hydrogens is 402 g/mol. The fourth-order valence-electron chi connectivity index (χ4n) is 3.23. The molecule has 1 aromatic carbocycles. The largest absolute Gasteiger partial charge is 0.357 e. The van der Waals surface area contributed by atoms with Crippen LogP contribution in [0.15, 0.2) is 58.1 Å². The van der Waals surface area contributed by atoms with Gasteiger partial charge in [0, 0.05) is 42.9 Å². The maximum Gasteiger partial charge on any atom is 0.191 e. The van der Waals surface area contributed by atoms with Gasteiger partial charge in [-0.25, -0.2) is 4.99 Å². The van der Waals surface area contributed by atoms with Crippen LogP contribution in [-0.2, 0) is 13.1 Å². The van der Waals surface area contributed by atoms with E-state index in [4.69, 9.17) is 4.99 Å². The van der Waals surface area contributed by atoms with E-state index in [1.807, 2.05) is 12.3 Å². The van der Waals surface area contributed by atoms with Crippen molar-refractivity contribution in [2.45, 2.75) is 38.9 Å². The summed E-state index contributed by atoms with van der Waals surface area (Å²) in [5.41, 5.74) is 2.36. The molecule has 0 unspecified atom stereocenters. The number of piperidine rings is 1. The number of rotatable bonds is 6. The van der Waals surface area contributed by atoms with E-state index >= 15 is 0 Å². The van der Waals surface area contributed by atoms with Crippen LogP contribution in [0.3, 0.4) is 0 Å². The minimum atomic E-state index is 0.465. The van der Waals surface area contributed by atoms with E-state index in [0.29, 0.717) is 12.6 Å². The monoisotopic (exact) mass is 429 g/mol. The lowest BCUT2D eigenvalue weighted by atomic mass is 10.0. The predicted molar refractivity (Wildman–Crippen MR) is 115 cm³/mol. The molecule has 6 heteroatoms. The molecule has 2 N–H and O–H groups in total. The molecule has 1 aliphatic rings. The van der Waals surface area contributed by atoms with Crippen molar-refractivity contribution in [1.29, 1.82) is 0 Å². The molecule has 0 radical (unpaired) electrons. The number of halogens is 1. The Kier molecular flexibility index (Phi) is 7.66. The van der Waals surface area contributed by atoms with Crippen LogP contribution in [0.25, 0.3) is 0 Å². The summed E-state index contributed by atoms with van der Waals surface area (Å²) in [7, 11) is 0. The first kappa shape index (κ1) is 19.8. The summed E-state index contributed by atoms with van der Waals surface area (Å²) in [5, 5.41) is 6.98. The smallest absolute Gasteiger partial charge is 0.191 e. The Balaban J connectivity index is 1.48. The molecule has 2 aromatic rings. The summed E-state index contributed by atoms with van der Waals surface area (Å²) in [6.07, 6.45) is 4.11. The average molecular weight is 430 g/mol. The predicted octanol–water partition coefficient (Wildman–Crippen LogP) is 3.56.